The number of nitrogens with zero attached hydrogens (tertiary/aromatic N) is 2. The standard InChI is InChI=1S/C22H41N3O2/c1-19(2,24-11-7-21(8-12-24)17-23-18-21)5-6-20(3,4)25-13-9-22(10-14-25)26-15-16-27-22/h23H,5-18H2,1-4H3. The van der Waals surface area contributed by atoms with Gasteiger partial charge in [-0.15, -0.1) is 0 Å². The van der Waals surface area contributed by atoms with Crippen LogP contribution in [0.1, 0.15) is 66.2 Å². The third-order valence-corrected chi connectivity index (χ3v) is 8.22. The summed E-state index contributed by atoms with van der Waals surface area (Å²) in [5.41, 5.74) is 1.18. The van der Waals surface area contributed by atoms with E-state index in [0.717, 1.165) is 39.1 Å². The molecule has 27 heavy (non-hydrogen) atoms. The minimum absolute atomic E-state index is 0.242. The molecule has 4 aliphatic rings. The molecule has 4 rings (SSSR count). The number of hydrogen-bond donors (Lipinski definition) is 1. The molecule has 0 radical (unpaired) electrons. The maximum Gasteiger partial charge on any atom is 0.170 e. The van der Waals surface area contributed by atoms with Crippen LogP contribution in [0.25, 0.3) is 0 Å². The highest BCUT2D eigenvalue weighted by Gasteiger charge is 2.44. The average molecular weight is 380 g/mol. The largest absolute Gasteiger partial charge is 0.347 e. The van der Waals surface area contributed by atoms with Crippen molar-refractivity contribution >= 4 is 0 Å². The lowest BCUT2D eigenvalue weighted by Crippen LogP contribution is -2.61. The molecular weight excluding hydrogens is 338 g/mol. The summed E-state index contributed by atoms with van der Waals surface area (Å²) >= 11 is 0. The first-order chi connectivity index (χ1) is 12.7. The van der Waals surface area contributed by atoms with Gasteiger partial charge < -0.3 is 14.8 Å². The molecule has 0 amide bonds. The summed E-state index contributed by atoms with van der Waals surface area (Å²) in [7, 11) is 0. The van der Waals surface area contributed by atoms with E-state index in [1.807, 2.05) is 0 Å². The fraction of sp³-hybridized carbons (Fsp3) is 1.00. The van der Waals surface area contributed by atoms with Gasteiger partial charge in [0.1, 0.15) is 0 Å². The van der Waals surface area contributed by atoms with Crippen LogP contribution in [0.2, 0.25) is 0 Å². The summed E-state index contributed by atoms with van der Waals surface area (Å²) in [6.45, 7) is 18.6. The van der Waals surface area contributed by atoms with Crippen molar-refractivity contribution in [2.24, 2.45) is 5.41 Å². The number of nitrogens with one attached hydrogen (secondary N) is 1. The van der Waals surface area contributed by atoms with E-state index in [-0.39, 0.29) is 11.3 Å². The van der Waals surface area contributed by atoms with E-state index in [1.54, 1.807) is 0 Å². The molecule has 4 heterocycles. The zero-order valence-electron chi connectivity index (χ0n) is 18.1. The van der Waals surface area contributed by atoms with Crippen LogP contribution in [-0.2, 0) is 9.47 Å². The highest BCUT2D eigenvalue weighted by atomic mass is 16.7. The fourth-order valence-electron chi connectivity index (χ4n) is 5.58. The van der Waals surface area contributed by atoms with Crippen LogP contribution in [0.3, 0.4) is 0 Å². The van der Waals surface area contributed by atoms with Gasteiger partial charge in [-0.2, -0.15) is 0 Å². The van der Waals surface area contributed by atoms with Gasteiger partial charge in [-0.3, -0.25) is 9.80 Å². The molecule has 2 spiro atoms. The lowest BCUT2D eigenvalue weighted by Gasteiger charge is -2.53. The van der Waals surface area contributed by atoms with Crippen LogP contribution in [-0.4, -0.2) is 79.1 Å². The highest BCUT2D eigenvalue weighted by Crippen LogP contribution is 2.39. The van der Waals surface area contributed by atoms with Gasteiger partial charge in [-0.1, -0.05) is 0 Å². The molecule has 0 bridgehead atoms. The van der Waals surface area contributed by atoms with Gasteiger partial charge in [0.05, 0.1) is 13.2 Å². The third kappa shape index (κ3) is 4.09. The summed E-state index contributed by atoms with van der Waals surface area (Å²) in [5, 5.41) is 3.48. The summed E-state index contributed by atoms with van der Waals surface area (Å²) in [4.78, 5) is 5.43. The Balaban J connectivity index is 1.26. The Labute approximate surface area is 166 Å². The van der Waals surface area contributed by atoms with Crippen molar-refractivity contribution < 1.29 is 9.47 Å². The molecule has 0 aliphatic carbocycles. The van der Waals surface area contributed by atoms with Crippen LogP contribution in [0, 0.1) is 5.41 Å². The van der Waals surface area contributed by atoms with Crippen LogP contribution in [0.4, 0.5) is 0 Å². The molecule has 0 atom stereocenters. The van der Waals surface area contributed by atoms with Crippen LogP contribution < -0.4 is 5.32 Å². The Morgan fingerprint density at radius 2 is 1.19 bits per heavy atom. The molecule has 156 valence electrons. The monoisotopic (exact) mass is 379 g/mol. The van der Waals surface area contributed by atoms with Crippen molar-refractivity contribution in [3.8, 4) is 0 Å². The number of piperidine rings is 2. The Hall–Kier alpha value is -0.200. The first kappa shape index (κ1) is 20.1. The van der Waals surface area contributed by atoms with Crippen LogP contribution in [0.15, 0.2) is 0 Å². The molecule has 4 fully saturated rings. The number of ether oxygens (including phenoxy) is 2. The minimum atomic E-state index is -0.258. The molecule has 1 N–H and O–H groups in total. The molecule has 0 aromatic carbocycles. The Bertz CT molecular complexity index is 504. The number of hydrogen-bond acceptors (Lipinski definition) is 5. The topological polar surface area (TPSA) is 37.0 Å². The quantitative estimate of drug-likeness (QED) is 0.795. The second-order valence-corrected chi connectivity index (χ2v) is 10.8. The highest BCUT2D eigenvalue weighted by molar-refractivity contribution is 4.99. The van der Waals surface area contributed by atoms with E-state index in [0.29, 0.717) is 11.0 Å². The zero-order valence-corrected chi connectivity index (χ0v) is 18.1. The molecule has 0 aromatic rings. The van der Waals surface area contributed by atoms with E-state index in [2.05, 4.69) is 42.8 Å². The van der Waals surface area contributed by atoms with Crippen molar-refractivity contribution in [3.63, 3.8) is 0 Å². The van der Waals surface area contributed by atoms with Gasteiger partial charge in [0.15, 0.2) is 5.79 Å². The van der Waals surface area contributed by atoms with Crippen molar-refractivity contribution in [1.82, 2.24) is 15.1 Å². The van der Waals surface area contributed by atoms with Crippen molar-refractivity contribution in [2.75, 3.05) is 52.5 Å². The second kappa shape index (κ2) is 7.24. The molecule has 5 nitrogen and oxygen atoms in total. The van der Waals surface area contributed by atoms with Gasteiger partial charge >= 0.3 is 0 Å². The van der Waals surface area contributed by atoms with E-state index in [4.69, 9.17) is 9.47 Å². The summed E-state index contributed by atoms with van der Waals surface area (Å²) in [5.74, 6) is -0.258. The minimum Gasteiger partial charge on any atom is -0.347 e. The van der Waals surface area contributed by atoms with Crippen molar-refractivity contribution in [3.05, 3.63) is 0 Å². The predicted molar refractivity (Wildman–Crippen MR) is 109 cm³/mol. The maximum absolute atomic E-state index is 5.91. The van der Waals surface area contributed by atoms with E-state index in [1.165, 1.54) is 51.9 Å². The molecule has 5 heteroatoms. The number of rotatable bonds is 5. The average Bonchev–Trinajstić information content (AvgIpc) is 3.07. The smallest absolute Gasteiger partial charge is 0.170 e. The lowest BCUT2D eigenvalue weighted by molar-refractivity contribution is -0.191. The van der Waals surface area contributed by atoms with Gasteiger partial charge in [0, 0.05) is 50.1 Å². The third-order valence-electron chi connectivity index (χ3n) is 8.22. The first-order valence-electron chi connectivity index (χ1n) is 11.2. The summed E-state index contributed by atoms with van der Waals surface area (Å²) in [6.07, 6.45) is 7.30. The van der Waals surface area contributed by atoms with Crippen molar-refractivity contribution in [2.45, 2.75) is 83.1 Å². The number of likely N-dealkylation sites (tertiary alicyclic amines) is 2. The lowest BCUT2D eigenvalue weighted by atomic mass is 9.72. The molecular formula is C22H41N3O2. The molecule has 0 aromatic heterocycles. The van der Waals surface area contributed by atoms with Gasteiger partial charge in [0.2, 0.25) is 0 Å². The Kier molecular flexibility index (Phi) is 5.39. The fourth-order valence-corrected chi connectivity index (χ4v) is 5.58. The molecule has 0 unspecified atom stereocenters. The Morgan fingerprint density at radius 1 is 0.741 bits per heavy atom. The molecule has 0 saturated carbocycles. The van der Waals surface area contributed by atoms with Crippen LogP contribution >= 0.6 is 0 Å². The first-order valence-corrected chi connectivity index (χ1v) is 11.2. The summed E-state index contributed by atoms with van der Waals surface area (Å²) in [6, 6.07) is 0. The second-order valence-electron chi connectivity index (χ2n) is 10.8. The molecule has 4 saturated heterocycles. The zero-order chi connectivity index (χ0) is 19.2. The van der Waals surface area contributed by atoms with E-state index >= 15 is 0 Å². The van der Waals surface area contributed by atoms with Crippen LogP contribution in [0.5, 0.6) is 0 Å². The van der Waals surface area contributed by atoms with E-state index < -0.39 is 0 Å². The van der Waals surface area contributed by atoms with E-state index in [9.17, 15) is 0 Å². The SMILES string of the molecule is CC(C)(CCC(C)(C)N1CCC2(CC1)OCCO2)N1CCC2(CC1)CNC2. The van der Waals surface area contributed by atoms with Crippen molar-refractivity contribution in [1.29, 1.82) is 0 Å². The predicted octanol–water partition coefficient (Wildman–Crippen LogP) is 2.85. The Morgan fingerprint density at radius 3 is 1.59 bits per heavy atom. The van der Waals surface area contributed by atoms with Gasteiger partial charge in [0.25, 0.3) is 0 Å². The van der Waals surface area contributed by atoms with Gasteiger partial charge in [-0.25, -0.2) is 0 Å². The maximum atomic E-state index is 5.91. The normalized spacial score (nSPS) is 29.3. The summed E-state index contributed by atoms with van der Waals surface area (Å²) < 4.78 is 11.8. The van der Waals surface area contributed by atoms with Gasteiger partial charge in [-0.05, 0) is 71.9 Å². The molecule has 4 aliphatic heterocycles.